The minimum atomic E-state index is -0.940. The molecule has 5 rings (SSSR count). The third-order valence-corrected chi connectivity index (χ3v) is 5.90. The average molecular weight is 465 g/mol. The van der Waals surface area contributed by atoms with Gasteiger partial charge in [-0.15, -0.1) is 0 Å². The summed E-state index contributed by atoms with van der Waals surface area (Å²) < 4.78 is 51.3. The van der Waals surface area contributed by atoms with Gasteiger partial charge >= 0.3 is 0 Å². The summed E-state index contributed by atoms with van der Waals surface area (Å²) in [6, 6.07) is 7.17. The smallest absolute Gasteiger partial charge is 0.174 e. The Balaban J connectivity index is 1.43. The molecule has 0 spiro atoms. The lowest BCUT2D eigenvalue weighted by Crippen LogP contribution is -2.20. The van der Waals surface area contributed by atoms with E-state index >= 15 is 0 Å². The third-order valence-electron chi connectivity index (χ3n) is 5.90. The van der Waals surface area contributed by atoms with Crippen molar-refractivity contribution in [3.8, 4) is 11.4 Å². The molecule has 4 aromatic rings. The molecule has 6 nitrogen and oxygen atoms in total. The Morgan fingerprint density at radius 2 is 1.88 bits per heavy atom. The number of aryl methyl sites for hydroxylation is 2. The zero-order valence-corrected chi connectivity index (χ0v) is 18.7. The number of methoxy groups -OCH3 is 1. The molecule has 0 saturated heterocycles. The first-order chi connectivity index (χ1) is 16.4. The van der Waals surface area contributed by atoms with Crippen molar-refractivity contribution < 1.29 is 17.9 Å². The standard InChI is InChI=1S/C25H22F3N5O/c1-15-13-32(14-29-15)21-7-5-16(10-22(21)34-2)6-8-23-30-25-18(4-3-9-33(25)31-23)24-19(27)11-17(26)12-20(24)28/h5-8,10-14,18H,3-4,9H2,1-2H3/b8-6+/t18-/m1/s1. The van der Waals surface area contributed by atoms with Gasteiger partial charge in [0.2, 0.25) is 0 Å². The van der Waals surface area contributed by atoms with Crippen molar-refractivity contribution in [2.75, 3.05) is 7.11 Å². The van der Waals surface area contributed by atoms with E-state index < -0.39 is 23.4 Å². The number of imidazole rings is 1. The Bertz CT molecular complexity index is 1370. The van der Waals surface area contributed by atoms with Crippen molar-refractivity contribution in [3.05, 3.63) is 88.8 Å². The lowest BCUT2D eigenvalue weighted by atomic mass is 9.90. The van der Waals surface area contributed by atoms with E-state index in [0.29, 0.717) is 48.9 Å². The summed E-state index contributed by atoms with van der Waals surface area (Å²) in [5.74, 6) is -1.80. The highest BCUT2D eigenvalue weighted by Crippen LogP contribution is 2.35. The van der Waals surface area contributed by atoms with Crippen LogP contribution in [0, 0.1) is 24.4 Å². The molecule has 34 heavy (non-hydrogen) atoms. The molecule has 0 bridgehead atoms. The molecule has 2 aromatic heterocycles. The monoisotopic (exact) mass is 465 g/mol. The lowest BCUT2D eigenvalue weighted by molar-refractivity contribution is 0.413. The number of nitrogens with zero attached hydrogens (tertiary/aromatic N) is 5. The van der Waals surface area contributed by atoms with Gasteiger partial charge in [0.25, 0.3) is 0 Å². The van der Waals surface area contributed by atoms with E-state index in [1.807, 2.05) is 42.0 Å². The van der Waals surface area contributed by atoms with Gasteiger partial charge in [-0.2, -0.15) is 5.10 Å². The van der Waals surface area contributed by atoms with Crippen LogP contribution < -0.4 is 4.74 Å². The van der Waals surface area contributed by atoms with E-state index in [0.717, 1.165) is 16.9 Å². The van der Waals surface area contributed by atoms with Crippen LogP contribution in [0.15, 0.2) is 42.9 Å². The highest BCUT2D eigenvalue weighted by molar-refractivity contribution is 5.69. The van der Waals surface area contributed by atoms with Crippen molar-refractivity contribution in [1.82, 2.24) is 24.3 Å². The number of halogens is 3. The molecule has 3 heterocycles. The summed E-state index contributed by atoms with van der Waals surface area (Å²) in [4.78, 5) is 8.78. The normalized spacial score (nSPS) is 15.6. The van der Waals surface area contributed by atoms with Gasteiger partial charge < -0.3 is 9.30 Å². The predicted molar refractivity (Wildman–Crippen MR) is 121 cm³/mol. The minimum absolute atomic E-state index is 0.166. The van der Waals surface area contributed by atoms with Crippen molar-refractivity contribution in [2.45, 2.75) is 32.2 Å². The first kappa shape index (κ1) is 21.9. The maximum absolute atomic E-state index is 14.4. The zero-order chi connectivity index (χ0) is 23.8. The number of aromatic nitrogens is 5. The highest BCUT2D eigenvalue weighted by atomic mass is 19.1. The van der Waals surface area contributed by atoms with Crippen LogP contribution in [0.25, 0.3) is 17.8 Å². The molecule has 0 aliphatic carbocycles. The summed E-state index contributed by atoms with van der Waals surface area (Å²) >= 11 is 0. The molecule has 0 saturated carbocycles. The maximum Gasteiger partial charge on any atom is 0.174 e. The van der Waals surface area contributed by atoms with Crippen LogP contribution in [0.4, 0.5) is 13.2 Å². The van der Waals surface area contributed by atoms with Gasteiger partial charge in [0.15, 0.2) is 5.82 Å². The predicted octanol–water partition coefficient (Wildman–Crippen LogP) is 5.29. The van der Waals surface area contributed by atoms with Crippen LogP contribution in [0.5, 0.6) is 5.75 Å². The molecule has 174 valence electrons. The molecule has 0 amide bonds. The van der Waals surface area contributed by atoms with E-state index in [2.05, 4.69) is 15.1 Å². The Hall–Kier alpha value is -3.88. The number of hydrogen-bond acceptors (Lipinski definition) is 4. The number of benzene rings is 2. The molecule has 1 atom stereocenters. The van der Waals surface area contributed by atoms with Crippen molar-refractivity contribution in [3.63, 3.8) is 0 Å². The van der Waals surface area contributed by atoms with Crippen LogP contribution in [0.3, 0.4) is 0 Å². The minimum Gasteiger partial charge on any atom is -0.495 e. The average Bonchev–Trinajstić information content (AvgIpc) is 3.43. The fourth-order valence-electron chi connectivity index (χ4n) is 4.33. The fourth-order valence-corrected chi connectivity index (χ4v) is 4.33. The first-order valence-corrected chi connectivity index (χ1v) is 10.9. The van der Waals surface area contributed by atoms with Gasteiger partial charge in [0.1, 0.15) is 29.0 Å². The van der Waals surface area contributed by atoms with Gasteiger partial charge in [-0.3, -0.25) is 0 Å². The van der Waals surface area contributed by atoms with Crippen molar-refractivity contribution in [2.24, 2.45) is 0 Å². The Morgan fingerprint density at radius 1 is 1.09 bits per heavy atom. The lowest BCUT2D eigenvalue weighted by Gasteiger charge is -2.23. The molecule has 0 N–H and O–H groups in total. The van der Waals surface area contributed by atoms with Gasteiger partial charge in [0.05, 0.1) is 24.8 Å². The van der Waals surface area contributed by atoms with Gasteiger partial charge in [-0.05, 0) is 43.5 Å². The van der Waals surface area contributed by atoms with E-state index in [1.165, 1.54) is 0 Å². The number of rotatable bonds is 5. The third kappa shape index (κ3) is 4.09. The first-order valence-electron chi connectivity index (χ1n) is 10.9. The summed E-state index contributed by atoms with van der Waals surface area (Å²) in [7, 11) is 1.61. The summed E-state index contributed by atoms with van der Waals surface area (Å²) in [5.41, 5.74) is 2.47. The fraction of sp³-hybridized carbons (Fsp3) is 0.240. The Kier molecular flexibility index (Phi) is 5.69. The second kappa shape index (κ2) is 8.81. The van der Waals surface area contributed by atoms with Gasteiger partial charge in [-0.1, -0.05) is 12.1 Å². The second-order valence-corrected chi connectivity index (χ2v) is 8.22. The molecule has 0 unspecified atom stereocenters. The van der Waals surface area contributed by atoms with Crippen molar-refractivity contribution >= 4 is 12.2 Å². The molecule has 0 radical (unpaired) electrons. The maximum atomic E-state index is 14.4. The van der Waals surface area contributed by atoms with Gasteiger partial charge in [-0.25, -0.2) is 27.8 Å². The van der Waals surface area contributed by atoms with E-state index in [4.69, 9.17) is 4.74 Å². The largest absolute Gasteiger partial charge is 0.495 e. The van der Waals surface area contributed by atoms with Crippen LogP contribution in [0.2, 0.25) is 0 Å². The molecule has 1 aliphatic rings. The second-order valence-electron chi connectivity index (χ2n) is 8.22. The Labute approximate surface area is 194 Å². The van der Waals surface area contributed by atoms with Crippen LogP contribution in [-0.4, -0.2) is 31.4 Å². The Morgan fingerprint density at radius 3 is 2.59 bits per heavy atom. The zero-order valence-electron chi connectivity index (χ0n) is 18.7. The highest BCUT2D eigenvalue weighted by Gasteiger charge is 2.30. The molecular formula is C25H22F3N5O. The summed E-state index contributed by atoms with van der Waals surface area (Å²) in [6.07, 6.45) is 8.43. The van der Waals surface area contributed by atoms with Crippen LogP contribution in [0.1, 0.15) is 47.2 Å². The van der Waals surface area contributed by atoms with Gasteiger partial charge in [0, 0.05) is 36.4 Å². The summed E-state index contributed by atoms with van der Waals surface area (Å²) in [5, 5.41) is 4.49. The van der Waals surface area contributed by atoms with E-state index in [1.54, 1.807) is 24.2 Å². The SMILES string of the molecule is COc1cc(/C=C/c2nc3n(n2)CCC[C@@H]3c2c(F)cc(F)cc2F)ccc1-n1cnc(C)c1. The van der Waals surface area contributed by atoms with E-state index in [-0.39, 0.29) is 5.56 Å². The van der Waals surface area contributed by atoms with Crippen LogP contribution >= 0.6 is 0 Å². The summed E-state index contributed by atoms with van der Waals surface area (Å²) in [6.45, 7) is 2.52. The molecule has 9 heteroatoms. The molecule has 1 aliphatic heterocycles. The molecular weight excluding hydrogens is 443 g/mol. The van der Waals surface area contributed by atoms with Crippen LogP contribution in [-0.2, 0) is 6.54 Å². The number of ether oxygens (including phenoxy) is 1. The molecule has 2 aromatic carbocycles. The number of fused-ring (bicyclic) bond motifs is 1. The quantitative estimate of drug-likeness (QED) is 0.402. The molecule has 0 fully saturated rings. The van der Waals surface area contributed by atoms with Crippen molar-refractivity contribution in [1.29, 1.82) is 0 Å². The topological polar surface area (TPSA) is 57.8 Å². The number of hydrogen-bond donors (Lipinski definition) is 0. The van der Waals surface area contributed by atoms with E-state index in [9.17, 15) is 13.2 Å².